The number of amides is 1. The number of ketones is 1. The Morgan fingerprint density at radius 3 is 2.62 bits per heavy atom. The summed E-state index contributed by atoms with van der Waals surface area (Å²) in [5.41, 5.74) is 1.00. The Kier molecular flexibility index (Phi) is 10.2. The van der Waals surface area contributed by atoms with Crippen molar-refractivity contribution in [3.8, 4) is 11.6 Å². The van der Waals surface area contributed by atoms with Crippen molar-refractivity contribution >= 4 is 36.0 Å². The van der Waals surface area contributed by atoms with E-state index in [-0.39, 0.29) is 68.3 Å². The third-order valence-electron chi connectivity index (χ3n) is 11.4. The van der Waals surface area contributed by atoms with Crippen molar-refractivity contribution in [2.24, 2.45) is 23.7 Å². The molecule has 1 aromatic carbocycles. The van der Waals surface area contributed by atoms with Gasteiger partial charge in [-0.1, -0.05) is 33.1 Å². The first-order valence-corrected chi connectivity index (χ1v) is 19.2. The van der Waals surface area contributed by atoms with E-state index in [1.54, 1.807) is 13.3 Å². The molecule has 2 N–H and O–H groups in total. The number of cyclic esters (lactones) is 1. The van der Waals surface area contributed by atoms with E-state index in [4.69, 9.17) is 14.2 Å². The first-order valence-electron chi connectivity index (χ1n) is 17.6. The molecule has 0 spiro atoms. The van der Waals surface area contributed by atoms with Crippen LogP contribution in [0, 0.1) is 23.7 Å². The number of methoxy groups -OCH3 is 1. The van der Waals surface area contributed by atoms with E-state index in [1.165, 1.54) is 4.90 Å². The zero-order valence-electron chi connectivity index (χ0n) is 28.3. The largest absolute Gasteiger partial charge is 0.496 e. The maximum atomic E-state index is 14.5. The van der Waals surface area contributed by atoms with Gasteiger partial charge >= 0.3 is 13.6 Å². The number of hydrogen-bond donors (Lipinski definition) is 2. The van der Waals surface area contributed by atoms with Gasteiger partial charge < -0.3 is 28.9 Å². The molecule has 2 aliphatic heterocycles. The summed E-state index contributed by atoms with van der Waals surface area (Å²) in [6, 6.07) is 4.95. The van der Waals surface area contributed by atoms with Crippen LogP contribution >= 0.6 is 7.60 Å². The fourth-order valence-electron chi connectivity index (χ4n) is 8.50. The van der Waals surface area contributed by atoms with Gasteiger partial charge in [-0.25, -0.2) is 4.98 Å². The fraction of sp³-hybridized carbons (Fsp3) is 0.667. The van der Waals surface area contributed by atoms with Gasteiger partial charge in [0.25, 0.3) is 0 Å². The number of rotatable bonds is 7. The number of carbonyl (C=O) groups excluding carboxylic acids is 3. The standard InChI is InChI=1S/C36H49N2O9P/c1-4-26-18-36(26,48(42,43)44)19-31(39)30-16-27-20-38(30)35(41)29(23-9-5-6-10-23)17-33(40)46-21-22(2)8-7-11-25-14-28-24(15-32(25)45-3)12-13-37-34(28)47-27/h12-15,22-23,26-27,29-30H,4-11,16-21H2,1-3H3,(H2,42,43,44)/t22-,26?,27-,29+,30+,36?/m1/s1. The minimum Gasteiger partial charge on any atom is -0.496 e. The van der Waals surface area contributed by atoms with Crippen LogP contribution in [0.1, 0.15) is 90.0 Å². The summed E-state index contributed by atoms with van der Waals surface area (Å²) < 4.78 is 30.6. The van der Waals surface area contributed by atoms with Gasteiger partial charge in [-0.15, -0.1) is 0 Å². The summed E-state index contributed by atoms with van der Waals surface area (Å²) in [6.45, 7) is 4.28. The van der Waals surface area contributed by atoms with E-state index in [2.05, 4.69) is 4.98 Å². The second kappa shape index (κ2) is 14.1. The zero-order valence-corrected chi connectivity index (χ0v) is 29.2. The Balaban J connectivity index is 1.37. The lowest BCUT2D eigenvalue weighted by atomic mass is 9.86. The Bertz CT molecular complexity index is 1590. The second-order valence-corrected chi connectivity index (χ2v) is 16.6. The normalized spacial score (nSPS) is 30.5. The van der Waals surface area contributed by atoms with Crippen molar-refractivity contribution in [1.29, 1.82) is 0 Å². The molecule has 12 heteroatoms. The summed E-state index contributed by atoms with van der Waals surface area (Å²) in [4.78, 5) is 68.6. The Morgan fingerprint density at radius 1 is 1.17 bits per heavy atom. The Labute approximate surface area is 282 Å². The summed E-state index contributed by atoms with van der Waals surface area (Å²) in [5.74, 6) is -0.707. The molecule has 0 radical (unpaired) electrons. The molecule has 1 saturated heterocycles. The molecular formula is C36H49N2O9P. The number of nitrogens with zero attached hydrogens (tertiary/aromatic N) is 2. The monoisotopic (exact) mass is 684 g/mol. The maximum Gasteiger partial charge on any atom is 0.332 e. The lowest BCUT2D eigenvalue weighted by Crippen LogP contribution is -2.46. The van der Waals surface area contributed by atoms with Crippen molar-refractivity contribution in [2.45, 2.75) is 108 Å². The number of pyridine rings is 1. The molecular weight excluding hydrogens is 635 g/mol. The topological polar surface area (TPSA) is 153 Å². The quantitative estimate of drug-likeness (QED) is 0.278. The molecule has 6 rings (SSSR count). The van der Waals surface area contributed by atoms with Gasteiger partial charge in [-0.05, 0) is 85.4 Å². The first-order chi connectivity index (χ1) is 22.9. The summed E-state index contributed by atoms with van der Waals surface area (Å²) in [5, 5.41) is 0.298. The predicted molar refractivity (Wildman–Crippen MR) is 179 cm³/mol. The summed E-state index contributed by atoms with van der Waals surface area (Å²) >= 11 is 0. The average Bonchev–Trinajstić information content (AvgIpc) is 3.35. The number of carbonyl (C=O) groups is 3. The van der Waals surface area contributed by atoms with Crippen LogP contribution in [-0.2, 0) is 30.1 Å². The molecule has 262 valence electrons. The van der Waals surface area contributed by atoms with Gasteiger partial charge in [0.05, 0.1) is 43.8 Å². The molecule has 2 aliphatic carbocycles. The summed E-state index contributed by atoms with van der Waals surface area (Å²) in [7, 11) is -2.94. The number of benzene rings is 1. The molecule has 2 aromatic rings. The molecule has 2 unspecified atom stereocenters. The van der Waals surface area contributed by atoms with Crippen LogP contribution < -0.4 is 9.47 Å². The highest BCUT2D eigenvalue weighted by atomic mass is 31.2. The number of aryl methyl sites for hydroxylation is 1. The molecule has 6 atom stereocenters. The number of ether oxygens (including phenoxy) is 3. The van der Waals surface area contributed by atoms with Crippen LogP contribution in [0.25, 0.3) is 10.8 Å². The molecule has 3 fully saturated rings. The van der Waals surface area contributed by atoms with Gasteiger partial charge in [0, 0.05) is 24.4 Å². The molecule has 4 bridgehead atoms. The van der Waals surface area contributed by atoms with Gasteiger partial charge in [-0.3, -0.25) is 18.9 Å². The number of fused-ring (bicyclic) bond motifs is 3. The number of esters is 1. The van der Waals surface area contributed by atoms with Crippen molar-refractivity contribution in [3.05, 3.63) is 30.0 Å². The van der Waals surface area contributed by atoms with Crippen LogP contribution in [0.3, 0.4) is 0 Å². The minimum atomic E-state index is -4.58. The van der Waals surface area contributed by atoms with Gasteiger partial charge in [0.1, 0.15) is 11.9 Å². The Morgan fingerprint density at radius 2 is 1.94 bits per heavy atom. The number of aromatic nitrogens is 1. The highest BCUT2D eigenvalue weighted by Gasteiger charge is 2.66. The molecule has 2 saturated carbocycles. The van der Waals surface area contributed by atoms with Crippen LogP contribution in [0.4, 0.5) is 0 Å². The van der Waals surface area contributed by atoms with E-state index in [0.29, 0.717) is 12.3 Å². The van der Waals surface area contributed by atoms with Crippen LogP contribution in [0.5, 0.6) is 11.6 Å². The van der Waals surface area contributed by atoms with E-state index in [9.17, 15) is 28.7 Å². The van der Waals surface area contributed by atoms with E-state index >= 15 is 0 Å². The van der Waals surface area contributed by atoms with E-state index < -0.39 is 36.8 Å². The zero-order chi connectivity index (χ0) is 34.2. The molecule has 4 aliphatic rings. The highest BCUT2D eigenvalue weighted by molar-refractivity contribution is 7.54. The molecule has 1 aromatic heterocycles. The second-order valence-electron chi connectivity index (χ2n) is 14.6. The van der Waals surface area contributed by atoms with Crippen molar-refractivity contribution in [3.63, 3.8) is 0 Å². The SMILES string of the molecule is CCC1CC1(CC(=O)[C@@H]1C[C@@H]2CN1C(=O)[C@H](C1CCCC1)CC(=O)OC[C@H](C)CCCc1cc3c(nccc3cc1OC)O2)P(=O)(O)O. The van der Waals surface area contributed by atoms with E-state index in [0.717, 1.165) is 67.0 Å². The van der Waals surface area contributed by atoms with Crippen molar-refractivity contribution < 1.29 is 42.9 Å². The molecule has 1 amide bonds. The van der Waals surface area contributed by atoms with E-state index in [1.807, 2.05) is 32.0 Å². The number of hydrogen-bond acceptors (Lipinski definition) is 8. The predicted octanol–water partition coefficient (Wildman–Crippen LogP) is 5.61. The lowest BCUT2D eigenvalue weighted by Gasteiger charge is -2.31. The fourth-order valence-corrected chi connectivity index (χ4v) is 9.98. The third kappa shape index (κ3) is 7.01. The first kappa shape index (κ1) is 34.8. The van der Waals surface area contributed by atoms with Crippen LogP contribution in [0.2, 0.25) is 0 Å². The van der Waals surface area contributed by atoms with Gasteiger partial charge in [-0.2, -0.15) is 0 Å². The molecule has 11 nitrogen and oxygen atoms in total. The van der Waals surface area contributed by atoms with Crippen LogP contribution in [-0.4, -0.2) is 74.9 Å². The van der Waals surface area contributed by atoms with Gasteiger partial charge in [0.15, 0.2) is 5.78 Å². The maximum absolute atomic E-state index is 14.5. The highest BCUT2D eigenvalue weighted by Crippen LogP contribution is 2.71. The van der Waals surface area contributed by atoms with Crippen LogP contribution in [0.15, 0.2) is 24.4 Å². The van der Waals surface area contributed by atoms with Crippen molar-refractivity contribution in [2.75, 3.05) is 20.3 Å². The molecule has 3 heterocycles. The smallest absolute Gasteiger partial charge is 0.332 e. The lowest BCUT2D eigenvalue weighted by molar-refractivity contribution is -0.152. The number of Topliss-reactive ketones (excluding diaryl/α,β-unsaturated/α-hetero) is 1. The molecule has 48 heavy (non-hydrogen) atoms. The average molecular weight is 685 g/mol. The Hall–Kier alpha value is -3.01. The van der Waals surface area contributed by atoms with Gasteiger partial charge in [0.2, 0.25) is 11.8 Å². The third-order valence-corrected chi connectivity index (χ3v) is 13.3. The summed E-state index contributed by atoms with van der Waals surface area (Å²) in [6.07, 6.45) is 7.72. The van der Waals surface area contributed by atoms with Crippen molar-refractivity contribution in [1.82, 2.24) is 9.88 Å². The minimum absolute atomic E-state index is 0.00808.